The number of hydrazone groups is 1. The van der Waals surface area contributed by atoms with Crippen LogP contribution < -0.4 is 14.6 Å². The molecule has 0 aromatic heterocycles. The predicted molar refractivity (Wildman–Crippen MR) is 105 cm³/mol. The Labute approximate surface area is 162 Å². The fourth-order valence-electron chi connectivity index (χ4n) is 3.78. The Hall–Kier alpha value is -3.48. The number of ketones is 1. The highest BCUT2D eigenvalue weighted by molar-refractivity contribution is 6.49. The minimum absolute atomic E-state index is 0.101. The molecule has 1 fully saturated rings. The largest absolute Gasteiger partial charge is 0.495 e. The van der Waals surface area contributed by atoms with Crippen LogP contribution in [-0.4, -0.2) is 36.5 Å². The molecule has 2 amide bonds. The van der Waals surface area contributed by atoms with Gasteiger partial charge in [-0.05, 0) is 30.7 Å². The molecule has 2 unspecified atom stereocenters. The number of methoxy groups -OCH3 is 1. The van der Waals surface area contributed by atoms with Crippen LogP contribution in [0, 0.1) is 12.8 Å². The predicted octanol–water partition coefficient (Wildman–Crippen LogP) is 2.33. The number of imide groups is 1. The van der Waals surface area contributed by atoms with Crippen molar-refractivity contribution in [1.29, 1.82) is 0 Å². The number of hydrogen-bond acceptors (Lipinski definition) is 6. The van der Waals surface area contributed by atoms with Crippen molar-refractivity contribution >= 4 is 34.7 Å². The molecule has 7 nitrogen and oxygen atoms in total. The van der Waals surface area contributed by atoms with E-state index in [4.69, 9.17) is 4.74 Å². The first-order valence-corrected chi connectivity index (χ1v) is 8.91. The Morgan fingerprint density at radius 1 is 1.00 bits per heavy atom. The number of fused-ring (bicyclic) bond motifs is 1. The van der Waals surface area contributed by atoms with E-state index in [9.17, 15) is 14.4 Å². The van der Waals surface area contributed by atoms with Crippen LogP contribution in [0.2, 0.25) is 0 Å². The zero-order chi connectivity index (χ0) is 20.0. The van der Waals surface area contributed by atoms with Gasteiger partial charge in [0.15, 0.2) is 5.78 Å². The number of amides is 2. The van der Waals surface area contributed by atoms with Gasteiger partial charge < -0.3 is 4.74 Å². The highest BCUT2D eigenvalue weighted by atomic mass is 16.5. The average Bonchev–Trinajstić information content (AvgIpc) is 3.19. The molecule has 2 atom stereocenters. The maximum absolute atomic E-state index is 13.4. The lowest BCUT2D eigenvalue weighted by atomic mass is 9.95. The van der Waals surface area contributed by atoms with Crippen LogP contribution >= 0.6 is 0 Å². The molecule has 7 heteroatoms. The van der Waals surface area contributed by atoms with E-state index in [2.05, 4.69) is 5.10 Å². The Bertz CT molecular complexity index is 1030. The highest BCUT2D eigenvalue weighted by Gasteiger charge is 2.58. The van der Waals surface area contributed by atoms with Gasteiger partial charge in [-0.25, -0.2) is 4.90 Å². The lowest BCUT2D eigenvalue weighted by Crippen LogP contribution is -2.39. The van der Waals surface area contributed by atoms with Gasteiger partial charge in [-0.3, -0.25) is 19.4 Å². The van der Waals surface area contributed by atoms with Crippen molar-refractivity contribution in [1.82, 2.24) is 0 Å². The van der Waals surface area contributed by atoms with Gasteiger partial charge in [-0.15, -0.1) is 0 Å². The van der Waals surface area contributed by atoms with Crippen LogP contribution in [0.5, 0.6) is 5.75 Å². The first-order valence-electron chi connectivity index (χ1n) is 8.91. The van der Waals surface area contributed by atoms with Crippen molar-refractivity contribution in [3.05, 3.63) is 54.1 Å². The van der Waals surface area contributed by atoms with Gasteiger partial charge in [0.2, 0.25) is 5.91 Å². The van der Waals surface area contributed by atoms with Crippen molar-refractivity contribution in [2.45, 2.75) is 19.9 Å². The number of para-hydroxylation sites is 3. The smallest absolute Gasteiger partial charge is 0.260 e. The van der Waals surface area contributed by atoms with Crippen LogP contribution in [0.4, 0.5) is 11.4 Å². The van der Waals surface area contributed by atoms with Gasteiger partial charge >= 0.3 is 0 Å². The van der Waals surface area contributed by atoms with E-state index in [1.807, 2.05) is 31.2 Å². The summed E-state index contributed by atoms with van der Waals surface area (Å²) in [5, 5.41) is 5.88. The summed E-state index contributed by atoms with van der Waals surface area (Å²) in [5.41, 5.74) is 2.05. The van der Waals surface area contributed by atoms with Crippen molar-refractivity contribution < 1.29 is 19.1 Å². The van der Waals surface area contributed by atoms with E-state index in [1.54, 1.807) is 24.3 Å². The minimum Gasteiger partial charge on any atom is -0.495 e. The molecule has 0 N–H and O–H groups in total. The molecule has 0 bridgehead atoms. The van der Waals surface area contributed by atoms with E-state index >= 15 is 0 Å². The number of aryl methyl sites for hydroxylation is 1. The third-order valence-corrected chi connectivity index (χ3v) is 5.10. The first kappa shape index (κ1) is 17.9. The summed E-state index contributed by atoms with van der Waals surface area (Å²) in [6.07, 6.45) is 0. The quantitative estimate of drug-likeness (QED) is 0.764. The third-order valence-electron chi connectivity index (χ3n) is 5.10. The number of rotatable bonds is 4. The topological polar surface area (TPSA) is 79.3 Å². The Balaban J connectivity index is 1.85. The molecule has 2 heterocycles. The molecule has 2 aromatic carbocycles. The maximum Gasteiger partial charge on any atom is 0.260 e. The van der Waals surface area contributed by atoms with Crippen molar-refractivity contribution in [2.24, 2.45) is 11.0 Å². The summed E-state index contributed by atoms with van der Waals surface area (Å²) in [5.74, 6) is -1.75. The number of nitrogens with zero attached hydrogens (tertiary/aromatic N) is 3. The molecule has 2 aliphatic rings. The summed E-state index contributed by atoms with van der Waals surface area (Å²) < 4.78 is 5.32. The van der Waals surface area contributed by atoms with E-state index < -0.39 is 23.8 Å². The standard InChI is InChI=1S/C21H19N3O4/c1-12-8-4-5-9-14(12)24-19-17(18(22-24)13(2)25)20(26)23(21(19)27)15-10-6-7-11-16(15)28-3/h4-11,17,19H,1-3H3. The second-order valence-corrected chi connectivity index (χ2v) is 6.78. The molecule has 0 saturated carbocycles. The molecular formula is C21H19N3O4. The molecule has 0 radical (unpaired) electrons. The summed E-state index contributed by atoms with van der Waals surface area (Å²) in [4.78, 5) is 39.9. The molecule has 2 aromatic rings. The van der Waals surface area contributed by atoms with E-state index in [0.29, 0.717) is 17.1 Å². The van der Waals surface area contributed by atoms with Crippen LogP contribution in [0.15, 0.2) is 53.6 Å². The lowest BCUT2D eigenvalue weighted by Gasteiger charge is -2.24. The molecule has 0 aliphatic carbocycles. The third kappa shape index (κ3) is 2.51. The fourth-order valence-corrected chi connectivity index (χ4v) is 3.78. The van der Waals surface area contributed by atoms with Crippen LogP contribution in [0.3, 0.4) is 0 Å². The van der Waals surface area contributed by atoms with Gasteiger partial charge in [-0.1, -0.05) is 30.3 Å². The number of Topliss-reactive ketones (excluding diaryl/α,β-unsaturated/α-hetero) is 1. The second-order valence-electron chi connectivity index (χ2n) is 6.78. The lowest BCUT2D eigenvalue weighted by molar-refractivity contribution is -0.122. The normalized spacial score (nSPS) is 21.0. The molecule has 142 valence electrons. The molecular weight excluding hydrogens is 358 g/mol. The number of benzene rings is 2. The summed E-state index contributed by atoms with van der Waals surface area (Å²) in [6, 6.07) is 13.4. The van der Waals surface area contributed by atoms with Gasteiger partial charge in [0, 0.05) is 6.92 Å². The Morgan fingerprint density at radius 2 is 1.64 bits per heavy atom. The summed E-state index contributed by atoms with van der Waals surface area (Å²) >= 11 is 0. The highest BCUT2D eigenvalue weighted by Crippen LogP contribution is 2.41. The molecule has 28 heavy (non-hydrogen) atoms. The maximum atomic E-state index is 13.4. The summed E-state index contributed by atoms with van der Waals surface area (Å²) in [6.45, 7) is 3.26. The zero-order valence-corrected chi connectivity index (χ0v) is 15.7. The van der Waals surface area contributed by atoms with E-state index in [1.165, 1.54) is 19.0 Å². The average molecular weight is 377 g/mol. The molecule has 0 spiro atoms. The summed E-state index contributed by atoms with van der Waals surface area (Å²) in [7, 11) is 1.48. The number of carbonyl (C=O) groups excluding carboxylic acids is 3. The van der Waals surface area contributed by atoms with Gasteiger partial charge in [0.1, 0.15) is 23.4 Å². The second kappa shape index (κ2) is 6.60. The zero-order valence-electron chi connectivity index (χ0n) is 15.7. The van der Waals surface area contributed by atoms with Gasteiger partial charge in [0.05, 0.1) is 18.5 Å². The SMILES string of the molecule is COc1ccccc1N1C(=O)C2C(C(C)=O)=NN(c3ccccc3C)C2C1=O. The van der Waals surface area contributed by atoms with Crippen molar-refractivity contribution in [2.75, 3.05) is 17.0 Å². The van der Waals surface area contributed by atoms with Crippen LogP contribution in [0.1, 0.15) is 12.5 Å². The number of hydrogen-bond donors (Lipinski definition) is 0. The van der Waals surface area contributed by atoms with Crippen molar-refractivity contribution in [3.8, 4) is 5.75 Å². The monoisotopic (exact) mass is 377 g/mol. The van der Waals surface area contributed by atoms with E-state index in [0.717, 1.165) is 10.5 Å². The number of carbonyl (C=O) groups is 3. The minimum atomic E-state index is -0.936. The molecule has 1 saturated heterocycles. The van der Waals surface area contributed by atoms with Gasteiger partial charge in [0.25, 0.3) is 5.91 Å². The Kier molecular flexibility index (Phi) is 4.22. The van der Waals surface area contributed by atoms with E-state index in [-0.39, 0.29) is 11.5 Å². The van der Waals surface area contributed by atoms with Crippen molar-refractivity contribution in [3.63, 3.8) is 0 Å². The first-order chi connectivity index (χ1) is 13.5. The fraction of sp³-hybridized carbons (Fsp3) is 0.238. The molecule has 2 aliphatic heterocycles. The van der Waals surface area contributed by atoms with Gasteiger partial charge in [-0.2, -0.15) is 5.10 Å². The molecule has 4 rings (SSSR count). The number of ether oxygens (including phenoxy) is 1. The number of anilines is 2. The van der Waals surface area contributed by atoms with Crippen LogP contribution in [-0.2, 0) is 14.4 Å². The van der Waals surface area contributed by atoms with Crippen LogP contribution in [0.25, 0.3) is 0 Å². The Morgan fingerprint density at radius 3 is 2.29 bits per heavy atom.